The first-order chi connectivity index (χ1) is 10.8. The van der Waals surface area contributed by atoms with Gasteiger partial charge in [0.25, 0.3) is 0 Å². The van der Waals surface area contributed by atoms with Crippen molar-refractivity contribution in [2.45, 2.75) is 32.0 Å². The van der Waals surface area contributed by atoms with Crippen LogP contribution in [0.1, 0.15) is 17.9 Å². The lowest BCUT2D eigenvalue weighted by molar-refractivity contribution is 0.277. The third-order valence-corrected chi connectivity index (χ3v) is 4.41. The molecule has 0 bridgehead atoms. The molecule has 0 spiro atoms. The summed E-state index contributed by atoms with van der Waals surface area (Å²) in [4.78, 5) is 18.5. The normalized spacial score (nSPS) is 17.6. The number of aliphatic hydroxyl groups is 1. The van der Waals surface area contributed by atoms with Gasteiger partial charge in [-0.25, -0.2) is 15.0 Å². The molecular weight excluding hydrogens is 280 g/mol. The summed E-state index contributed by atoms with van der Waals surface area (Å²) < 4.78 is 2.14. The second-order valence-electron chi connectivity index (χ2n) is 5.69. The van der Waals surface area contributed by atoms with Crippen LogP contribution in [0.3, 0.4) is 0 Å². The van der Waals surface area contributed by atoms with Crippen molar-refractivity contribution in [3.8, 4) is 0 Å². The number of aliphatic hydroxyl groups excluding tert-OH is 1. The molecule has 7 nitrogen and oxygen atoms in total. The van der Waals surface area contributed by atoms with Gasteiger partial charge in [-0.15, -0.1) is 0 Å². The molecule has 1 atom stereocenters. The van der Waals surface area contributed by atoms with Crippen LogP contribution in [0.25, 0.3) is 11.0 Å². The van der Waals surface area contributed by atoms with Gasteiger partial charge in [0.2, 0.25) is 0 Å². The van der Waals surface area contributed by atoms with E-state index >= 15 is 0 Å². The van der Waals surface area contributed by atoms with Crippen molar-refractivity contribution in [1.82, 2.24) is 24.5 Å². The Morgan fingerprint density at radius 1 is 1.45 bits per heavy atom. The van der Waals surface area contributed by atoms with Crippen LogP contribution >= 0.6 is 0 Å². The summed E-state index contributed by atoms with van der Waals surface area (Å²) in [7, 11) is 2.07. The van der Waals surface area contributed by atoms with Crippen LogP contribution in [0.4, 0.5) is 5.82 Å². The molecule has 0 amide bonds. The molecule has 0 radical (unpaired) electrons. The summed E-state index contributed by atoms with van der Waals surface area (Å²) in [6.45, 7) is 0.912. The topological polar surface area (TPSA) is 82.9 Å². The maximum atomic E-state index is 9.23. The van der Waals surface area contributed by atoms with E-state index in [2.05, 4.69) is 36.5 Å². The van der Waals surface area contributed by atoms with Crippen molar-refractivity contribution in [1.29, 1.82) is 0 Å². The molecule has 4 rings (SSSR count). The Balaban J connectivity index is 1.63. The van der Waals surface area contributed by atoms with Crippen LogP contribution in [0, 0.1) is 0 Å². The van der Waals surface area contributed by atoms with Gasteiger partial charge in [0.05, 0.1) is 17.7 Å². The second-order valence-corrected chi connectivity index (χ2v) is 5.69. The molecule has 1 aliphatic heterocycles. The fourth-order valence-electron chi connectivity index (χ4n) is 3.19. The van der Waals surface area contributed by atoms with Gasteiger partial charge in [0.1, 0.15) is 23.6 Å². The van der Waals surface area contributed by atoms with Crippen LogP contribution < -0.4 is 4.90 Å². The predicted molar refractivity (Wildman–Crippen MR) is 82.6 cm³/mol. The minimum absolute atomic E-state index is 0.00358. The number of H-pyrrole nitrogens is 1. The molecule has 4 heterocycles. The maximum Gasteiger partial charge on any atom is 0.142 e. The first kappa shape index (κ1) is 13.3. The van der Waals surface area contributed by atoms with Gasteiger partial charge in [0.15, 0.2) is 0 Å². The third kappa shape index (κ3) is 2.05. The van der Waals surface area contributed by atoms with E-state index in [0.717, 1.165) is 47.8 Å². The Hall–Kier alpha value is -2.41. The standard InChI is InChI=1S/C15H18N6O/c1-20(15-12-2-4-16-14(12)17-9-18-15)11-3-5-21-7-10(8-22)19-13(21)6-11/h2,4,7,9,11,22H,3,5-6,8H2,1H3,(H,16,17,18). The van der Waals surface area contributed by atoms with E-state index < -0.39 is 0 Å². The number of hydrogen-bond donors (Lipinski definition) is 2. The molecule has 22 heavy (non-hydrogen) atoms. The summed E-state index contributed by atoms with van der Waals surface area (Å²) in [6, 6.07) is 2.35. The average molecular weight is 298 g/mol. The number of hydrogen-bond acceptors (Lipinski definition) is 5. The number of fused-ring (bicyclic) bond motifs is 2. The molecule has 0 saturated heterocycles. The maximum absolute atomic E-state index is 9.23. The molecule has 3 aromatic heterocycles. The molecule has 0 aromatic carbocycles. The molecule has 1 unspecified atom stereocenters. The second kappa shape index (κ2) is 5.10. The van der Waals surface area contributed by atoms with E-state index in [1.807, 2.05) is 18.5 Å². The van der Waals surface area contributed by atoms with Crippen molar-refractivity contribution in [2.24, 2.45) is 0 Å². The van der Waals surface area contributed by atoms with E-state index in [0.29, 0.717) is 6.04 Å². The van der Waals surface area contributed by atoms with Crippen LogP contribution in [0.15, 0.2) is 24.8 Å². The van der Waals surface area contributed by atoms with Crippen LogP contribution in [0.5, 0.6) is 0 Å². The third-order valence-electron chi connectivity index (χ3n) is 4.41. The first-order valence-electron chi connectivity index (χ1n) is 7.43. The molecule has 0 aliphatic carbocycles. The number of aromatic amines is 1. The summed E-state index contributed by atoms with van der Waals surface area (Å²) in [5, 5.41) is 10.3. The zero-order chi connectivity index (χ0) is 15.1. The van der Waals surface area contributed by atoms with Crippen LogP contribution in [-0.4, -0.2) is 42.7 Å². The monoisotopic (exact) mass is 298 g/mol. The number of rotatable bonds is 3. The van der Waals surface area contributed by atoms with Gasteiger partial charge in [0, 0.05) is 38.4 Å². The predicted octanol–water partition coefficient (Wildman–Crippen LogP) is 1.10. The molecular formula is C15H18N6O. The van der Waals surface area contributed by atoms with Gasteiger partial charge in [-0.2, -0.15) is 0 Å². The van der Waals surface area contributed by atoms with Gasteiger partial charge < -0.3 is 19.6 Å². The lowest BCUT2D eigenvalue weighted by Gasteiger charge is -2.32. The molecule has 0 saturated carbocycles. The lowest BCUT2D eigenvalue weighted by atomic mass is 10.0. The summed E-state index contributed by atoms with van der Waals surface area (Å²) >= 11 is 0. The van der Waals surface area contributed by atoms with Crippen molar-refractivity contribution in [2.75, 3.05) is 11.9 Å². The molecule has 2 N–H and O–H groups in total. The smallest absolute Gasteiger partial charge is 0.142 e. The Morgan fingerprint density at radius 2 is 2.36 bits per heavy atom. The van der Waals surface area contributed by atoms with Crippen molar-refractivity contribution < 1.29 is 5.11 Å². The van der Waals surface area contributed by atoms with Crippen molar-refractivity contribution in [3.05, 3.63) is 36.3 Å². The number of aromatic nitrogens is 5. The zero-order valence-electron chi connectivity index (χ0n) is 12.4. The molecule has 7 heteroatoms. The van der Waals surface area contributed by atoms with E-state index in [-0.39, 0.29) is 6.61 Å². The van der Waals surface area contributed by atoms with Gasteiger partial charge >= 0.3 is 0 Å². The number of nitrogens with one attached hydrogen (secondary N) is 1. The largest absolute Gasteiger partial charge is 0.390 e. The van der Waals surface area contributed by atoms with Gasteiger partial charge in [-0.05, 0) is 12.5 Å². The highest BCUT2D eigenvalue weighted by Gasteiger charge is 2.25. The minimum Gasteiger partial charge on any atom is -0.390 e. The minimum atomic E-state index is -0.00358. The van der Waals surface area contributed by atoms with Gasteiger partial charge in [-0.3, -0.25) is 0 Å². The summed E-state index contributed by atoms with van der Waals surface area (Å²) in [6.07, 6.45) is 7.31. The Bertz CT molecular complexity index is 807. The number of anilines is 1. The van der Waals surface area contributed by atoms with E-state index in [9.17, 15) is 5.11 Å². The van der Waals surface area contributed by atoms with Crippen molar-refractivity contribution in [3.63, 3.8) is 0 Å². The first-order valence-corrected chi connectivity index (χ1v) is 7.43. The summed E-state index contributed by atoms with van der Waals surface area (Å²) in [5.74, 6) is 1.98. The number of aryl methyl sites for hydroxylation is 1. The molecule has 0 fully saturated rings. The highest BCUT2D eigenvalue weighted by Crippen LogP contribution is 2.27. The summed E-state index contributed by atoms with van der Waals surface area (Å²) in [5.41, 5.74) is 1.60. The van der Waals surface area contributed by atoms with Crippen molar-refractivity contribution >= 4 is 16.9 Å². The fourth-order valence-corrected chi connectivity index (χ4v) is 3.19. The van der Waals surface area contributed by atoms with E-state index in [4.69, 9.17) is 0 Å². The fraction of sp³-hybridized carbons (Fsp3) is 0.400. The van der Waals surface area contributed by atoms with E-state index in [1.165, 1.54) is 0 Å². The zero-order valence-corrected chi connectivity index (χ0v) is 12.4. The molecule has 114 valence electrons. The van der Waals surface area contributed by atoms with Gasteiger partial charge in [-0.1, -0.05) is 0 Å². The number of likely N-dealkylation sites (N-methyl/N-ethyl adjacent to an activating group) is 1. The Morgan fingerprint density at radius 3 is 3.23 bits per heavy atom. The highest BCUT2D eigenvalue weighted by molar-refractivity contribution is 5.87. The molecule has 3 aromatic rings. The molecule has 1 aliphatic rings. The van der Waals surface area contributed by atoms with E-state index in [1.54, 1.807) is 6.33 Å². The quantitative estimate of drug-likeness (QED) is 0.756. The number of nitrogens with zero attached hydrogens (tertiary/aromatic N) is 5. The highest BCUT2D eigenvalue weighted by atomic mass is 16.3. The Labute approximate surface area is 127 Å². The Kier molecular flexibility index (Phi) is 3.07. The van der Waals surface area contributed by atoms with Crippen LogP contribution in [-0.2, 0) is 19.6 Å². The lowest BCUT2D eigenvalue weighted by Crippen LogP contribution is -2.38. The van der Waals surface area contributed by atoms with Crippen LogP contribution in [0.2, 0.25) is 0 Å². The number of imidazole rings is 1. The SMILES string of the molecule is CN(c1ncnc2[nH]ccc12)C1CCn2cc(CO)nc2C1. The average Bonchev–Trinajstić information content (AvgIpc) is 3.18.